The first-order chi connectivity index (χ1) is 6.99. The average Bonchev–Trinajstić information content (AvgIpc) is 2.73. The first kappa shape index (κ1) is 9.96. The summed E-state index contributed by atoms with van der Waals surface area (Å²) in [5, 5.41) is 2.97. The summed E-state index contributed by atoms with van der Waals surface area (Å²) in [4.78, 5) is 15.6. The number of amides is 1. The number of hydrogen-bond acceptors (Lipinski definition) is 3. The molecule has 1 fully saturated rings. The molecule has 80 valence electrons. The summed E-state index contributed by atoms with van der Waals surface area (Å²) in [6.07, 6.45) is 2.58. The Bertz CT molecular complexity index is 401. The van der Waals surface area contributed by atoms with Gasteiger partial charge in [0.2, 0.25) is 0 Å². The van der Waals surface area contributed by atoms with Gasteiger partial charge < -0.3 is 11.1 Å². The van der Waals surface area contributed by atoms with Crippen LogP contribution >= 0.6 is 0 Å². The van der Waals surface area contributed by atoms with Crippen LogP contribution in [0.5, 0.6) is 0 Å². The van der Waals surface area contributed by atoms with Crippen LogP contribution in [-0.4, -0.2) is 16.9 Å². The molecule has 15 heavy (non-hydrogen) atoms. The Morgan fingerprint density at radius 1 is 1.67 bits per heavy atom. The van der Waals surface area contributed by atoms with Crippen molar-refractivity contribution in [1.82, 2.24) is 10.3 Å². The van der Waals surface area contributed by atoms with Crippen LogP contribution in [0.1, 0.15) is 30.6 Å². The molecule has 1 amide bonds. The molecule has 1 atom stereocenters. The molecule has 0 aliphatic heterocycles. The molecule has 4 heteroatoms. The monoisotopic (exact) mass is 205 g/mol. The van der Waals surface area contributed by atoms with Gasteiger partial charge in [-0.15, -0.1) is 0 Å². The fourth-order valence-electron chi connectivity index (χ4n) is 1.54. The molecule has 0 bridgehead atoms. The molecular formula is C11H15N3O. The lowest BCUT2D eigenvalue weighted by atomic mass is 10.2. The molecule has 1 aromatic heterocycles. The number of pyridine rings is 1. The molecule has 0 radical (unpaired) electrons. The summed E-state index contributed by atoms with van der Waals surface area (Å²) in [6.45, 7) is 4.28. The lowest BCUT2D eigenvalue weighted by molar-refractivity contribution is 0.0946. The maximum atomic E-state index is 11.7. The molecule has 1 saturated carbocycles. The van der Waals surface area contributed by atoms with Gasteiger partial charge in [0.15, 0.2) is 0 Å². The second-order valence-corrected chi connectivity index (χ2v) is 4.69. The number of rotatable bonds is 2. The number of hydrogen-bond donors (Lipinski definition) is 2. The number of carbonyl (C=O) groups excluding carboxylic acids is 1. The van der Waals surface area contributed by atoms with Crippen molar-refractivity contribution in [1.29, 1.82) is 0 Å². The van der Waals surface area contributed by atoms with E-state index in [0.717, 1.165) is 6.42 Å². The van der Waals surface area contributed by atoms with Crippen molar-refractivity contribution < 1.29 is 4.79 Å². The molecule has 0 spiro atoms. The summed E-state index contributed by atoms with van der Waals surface area (Å²) < 4.78 is 0. The molecule has 4 nitrogen and oxygen atoms in total. The largest absolute Gasteiger partial charge is 0.384 e. The molecule has 3 N–H and O–H groups in total. The van der Waals surface area contributed by atoms with Gasteiger partial charge in [-0.25, -0.2) is 4.98 Å². The Kier molecular flexibility index (Phi) is 2.14. The highest BCUT2D eigenvalue weighted by Gasteiger charge is 2.46. The van der Waals surface area contributed by atoms with Crippen molar-refractivity contribution in [3.05, 3.63) is 23.9 Å². The number of nitrogens with two attached hydrogens (primary N) is 1. The van der Waals surface area contributed by atoms with Gasteiger partial charge in [0.05, 0.1) is 0 Å². The number of nitrogens with zero attached hydrogens (tertiary/aromatic N) is 1. The van der Waals surface area contributed by atoms with E-state index in [4.69, 9.17) is 5.73 Å². The minimum Gasteiger partial charge on any atom is -0.384 e. The highest BCUT2D eigenvalue weighted by atomic mass is 16.1. The van der Waals surface area contributed by atoms with Crippen LogP contribution in [0.15, 0.2) is 18.3 Å². The minimum atomic E-state index is -0.0697. The van der Waals surface area contributed by atoms with E-state index in [2.05, 4.69) is 24.1 Å². The summed E-state index contributed by atoms with van der Waals surface area (Å²) in [5.74, 6) is 0.303. The smallest absolute Gasteiger partial charge is 0.251 e. The first-order valence-corrected chi connectivity index (χ1v) is 5.01. The number of nitrogen functional groups attached to an aromatic ring is 1. The Balaban J connectivity index is 2.03. The third-order valence-electron chi connectivity index (χ3n) is 2.86. The van der Waals surface area contributed by atoms with Gasteiger partial charge in [0, 0.05) is 17.8 Å². The molecule has 1 heterocycles. The van der Waals surface area contributed by atoms with E-state index in [1.165, 1.54) is 0 Å². The Labute approximate surface area is 88.9 Å². The van der Waals surface area contributed by atoms with E-state index in [1.54, 1.807) is 18.3 Å². The quantitative estimate of drug-likeness (QED) is 0.762. The molecule has 0 aromatic carbocycles. The van der Waals surface area contributed by atoms with Crippen molar-refractivity contribution in [3.8, 4) is 0 Å². The number of aromatic nitrogens is 1. The second-order valence-electron chi connectivity index (χ2n) is 4.69. The van der Waals surface area contributed by atoms with Crippen LogP contribution in [0.25, 0.3) is 0 Å². The molecule has 1 aliphatic carbocycles. The summed E-state index contributed by atoms with van der Waals surface area (Å²) >= 11 is 0. The van der Waals surface area contributed by atoms with Crippen LogP contribution < -0.4 is 11.1 Å². The van der Waals surface area contributed by atoms with Gasteiger partial charge in [-0.3, -0.25) is 4.79 Å². The van der Waals surface area contributed by atoms with Crippen molar-refractivity contribution in [2.45, 2.75) is 26.3 Å². The highest BCUT2D eigenvalue weighted by Crippen LogP contribution is 2.44. The van der Waals surface area contributed by atoms with E-state index < -0.39 is 0 Å². The predicted octanol–water partition coefficient (Wildman–Crippen LogP) is 1.19. The molecule has 2 rings (SSSR count). The van der Waals surface area contributed by atoms with Crippen LogP contribution in [0.2, 0.25) is 0 Å². The molecule has 0 saturated heterocycles. The fraction of sp³-hybridized carbons (Fsp3) is 0.455. The zero-order valence-electron chi connectivity index (χ0n) is 8.95. The summed E-state index contributed by atoms with van der Waals surface area (Å²) in [5.41, 5.74) is 6.32. The van der Waals surface area contributed by atoms with Crippen LogP contribution in [0, 0.1) is 5.41 Å². The number of nitrogens with one attached hydrogen (secondary N) is 1. The molecule has 1 aliphatic rings. The molecule has 1 unspecified atom stereocenters. The normalized spacial score (nSPS) is 22.1. The van der Waals surface area contributed by atoms with Gasteiger partial charge in [0.1, 0.15) is 5.82 Å². The SMILES string of the molecule is CC1(C)CC1NC(=O)c1ccnc(N)c1. The van der Waals surface area contributed by atoms with Crippen molar-refractivity contribution >= 4 is 11.7 Å². The number of carbonyl (C=O) groups is 1. The molecule has 1 aromatic rings. The standard InChI is InChI=1S/C11H15N3O/c1-11(2)6-8(11)14-10(15)7-3-4-13-9(12)5-7/h3-5,8H,6H2,1-2H3,(H2,12,13)(H,14,15). The molecular weight excluding hydrogens is 190 g/mol. The predicted molar refractivity (Wildman–Crippen MR) is 58.3 cm³/mol. The van der Waals surface area contributed by atoms with E-state index >= 15 is 0 Å². The maximum absolute atomic E-state index is 11.7. The van der Waals surface area contributed by atoms with Gasteiger partial charge >= 0.3 is 0 Å². The van der Waals surface area contributed by atoms with Crippen LogP contribution in [0.3, 0.4) is 0 Å². The van der Waals surface area contributed by atoms with Gasteiger partial charge in [-0.05, 0) is 24.0 Å². The Morgan fingerprint density at radius 3 is 2.87 bits per heavy atom. The van der Waals surface area contributed by atoms with Gasteiger partial charge in [-0.2, -0.15) is 0 Å². The summed E-state index contributed by atoms with van der Waals surface area (Å²) in [6, 6.07) is 3.55. The van der Waals surface area contributed by atoms with E-state index in [1.807, 2.05) is 0 Å². The number of anilines is 1. The lowest BCUT2D eigenvalue weighted by Gasteiger charge is -2.06. The second kappa shape index (κ2) is 3.22. The van der Waals surface area contributed by atoms with Crippen molar-refractivity contribution in [3.63, 3.8) is 0 Å². The van der Waals surface area contributed by atoms with Crippen LogP contribution in [0.4, 0.5) is 5.82 Å². The van der Waals surface area contributed by atoms with Crippen LogP contribution in [-0.2, 0) is 0 Å². The maximum Gasteiger partial charge on any atom is 0.251 e. The third-order valence-corrected chi connectivity index (χ3v) is 2.86. The van der Waals surface area contributed by atoms with Gasteiger partial charge in [0.25, 0.3) is 5.91 Å². The van der Waals surface area contributed by atoms with Crippen molar-refractivity contribution in [2.24, 2.45) is 5.41 Å². The van der Waals surface area contributed by atoms with Gasteiger partial charge in [-0.1, -0.05) is 13.8 Å². The third kappa shape index (κ3) is 2.09. The van der Waals surface area contributed by atoms with E-state index in [0.29, 0.717) is 17.4 Å². The van der Waals surface area contributed by atoms with E-state index in [-0.39, 0.29) is 11.3 Å². The zero-order chi connectivity index (χ0) is 11.1. The minimum absolute atomic E-state index is 0.0697. The Hall–Kier alpha value is -1.58. The van der Waals surface area contributed by atoms with Crippen molar-refractivity contribution in [2.75, 3.05) is 5.73 Å². The Morgan fingerprint density at radius 2 is 2.33 bits per heavy atom. The fourth-order valence-corrected chi connectivity index (χ4v) is 1.54. The highest BCUT2D eigenvalue weighted by molar-refractivity contribution is 5.95. The zero-order valence-corrected chi connectivity index (χ0v) is 8.95. The topological polar surface area (TPSA) is 68.0 Å². The lowest BCUT2D eigenvalue weighted by Crippen LogP contribution is -2.28. The first-order valence-electron chi connectivity index (χ1n) is 5.01. The average molecular weight is 205 g/mol. The van der Waals surface area contributed by atoms with E-state index in [9.17, 15) is 4.79 Å². The summed E-state index contributed by atoms with van der Waals surface area (Å²) in [7, 11) is 0.